The van der Waals surface area contributed by atoms with E-state index in [0.29, 0.717) is 6.42 Å². The van der Waals surface area contributed by atoms with Gasteiger partial charge in [0.15, 0.2) is 0 Å². The number of unbranched alkanes of at least 4 members (excludes halogenated alkanes) is 2. The van der Waals surface area contributed by atoms with Crippen molar-refractivity contribution in [2.45, 2.75) is 57.7 Å². The summed E-state index contributed by atoms with van der Waals surface area (Å²) in [6.07, 6.45) is 8.10. The highest BCUT2D eigenvalue weighted by molar-refractivity contribution is 5.70. The molecule has 1 N–H and O–H groups in total. The first kappa shape index (κ1) is 12.2. The quantitative estimate of drug-likeness (QED) is 0.431. The van der Waals surface area contributed by atoms with Crippen LogP contribution in [0.15, 0.2) is 12.2 Å². The van der Waals surface area contributed by atoms with Gasteiger partial charge < -0.3 is 9.84 Å². The molecule has 0 amide bonds. The first-order chi connectivity index (χ1) is 7.24. The molecular weight excluding hydrogens is 192 g/mol. The minimum Gasteiger partial charge on any atom is -0.459 e. The molecule has 1 fully saturated rings. The van der Waals surface area contributed by atoms with E-state index < -0.39 is 6.10 Å². The Morgan fingerprint density at radius 3 is 3.13 bits per heavy atom. The van der Waals surface area contributed by atoms with Crippen molar-refractivity contribution in [1.82, 2.24) is 0 Å². The van der Waals surface area contributed by atoms with E-state index in [4.69, 9.17) is 4.74 Å². The standard InChI is InChI=1S/C12H20O3/c1-2-3-4-5-7-10(13)11-8-6-9-12(14)15-11/h5,7,10-11,13H,2-4,6,8-9H2,1H3/b7-5+/t10-,11+/m0/s1. The third-order valence-electron chi connectivity index (χ3n) is 2.59. The molecule has 0 bridgehead atoms. The predicted molar refractivity (Wildman–Crippen MR) is 58.4 cm³/mol. The third-order valence-corrected chi connectivity index (χ3v) is 2.59. The summed E-state index contributed by atoms with van der Waals surface area (Å²) in [5.41, 5.74) is 0. The smallest absolute Gasteiger partial charge is 0.306 e. The van der Waals surface area contributed by atoms with Crippen molar-refractivity contribution in [3.63, 3.8) is 0 Å². The molecule has 3 heteroatoms. The van der Waals surface area contributed by atoms with E-state index in [1.54, 1.807) is 6.08 Å². The topological polar surface area (TPSA) is 46.5 Å². The minimum atomic E-state index is -0.633. The fourth-order valence-corrected chi connectivity index (χ4v) is 1.66. The third kappa shape index (κ3) is 4.47. The van der Waals surface area contributed by atoms with Crippen molar-refractivity contribution in [2.24, 2.45) is 0 Å². The van der Waals surface area contributed by atoms with Crippen LogP contribution >= 0.6 is 0 Å². The van der Waals surface area contributed by atoms with Crippen molar-refractivity contribution in [3.8, 4) is 0 Å². The van der Waals surface area contributed by atoms with Gasteiger partial charge in [0.2, 0.25) is 0 Å². The normalized spacial score (nSPS) is 24.1. The highest BCUT2D eigenvalue weighted by Crippen LogP contribution is 2.17. The molecule has 3 nitrogen and oxygen atoms in total. The fourth-order valence-electron chi connectivity index (χ4n) is 1.66. The molecule has 1 saturated heterocycles. The lowest BCUT2D eigenvalue weighted by atomic mass is 10.0. The monoisotopic (exact) mass is 212 g/mol. The lowest BCUT2D eigenvalue weighted by Gasteiger charge is -2.24. The van der Waals surface area contributed by atoms with Crippen LogP contribution in [0.2, 0.25) is 0 Å². The van der Waals surface area contributed by atoms with E-state index in [-0.39, 0.29) is 12.1 Å². The van der Waals surface area contributed by atoms with E-state index in [1.807, 2.05) is 6.08 Å². The number of ether oxygens (including phenoxy) is 1. The SMILES string of the molecule is CCCC/C=C/[C@H](O)[C@H]1CCCC(=O)O1. The summed E-state index contributed by atoms with van der Waals surface area (Å²) >= 11 is 0. The van der Waals surface area contributed by atoms with Gasteiger partial charge >= 0.3 is 5.97 Å². The highest BCUT2D eigenvalue weighted by Gasteiger charge is 2.25. The first-order valence-corrected chi connectivity index (χ1v) is 5.78. The number of carbonyl (C=O) groups is 1. The Morgan fingerprint density at radius 1 is 1.67 bits per heavy atom. The molecule has 2 atom stereocenters. The Bertz CT molecular complexity index is 223. The van der Waals surface area contributed by atoms with Crippen molar-refractivity contribution in [1.29, 1.82) is 0 Å². The molecule has 1 aliphatic rings. The summed E-state index contributed by atoms with van der Waals surface area (Å²) in [7, 11) is 0. The van der Waals surface area contributed by atoms with Crippen LogP contribution in [0.3, 0.4) is 0 Å². The number of allylic oxidation sites excluding steroid dienone is 1. The zero-order chi connectivity index (χ0) is 11.1. The molecule has 0 spiro atoms. The highest BCUT2D eigenvalue weighted by atomic mass is 16.6. The maximum Gasteiger partial charge on any atom is 0.306 e. The molecule has 0 unspecified atom stereocenters. The summed E-state index contributed by atoms with van der Waals surface area (Å²) in [6.45, 7) is 2.13. The zero-order valence-electron chi connectivity index (χ0n) is 9.32. The molecular formula is C12H20O3. The number of esters is 1. The number of aliphatic hydroxyl groups is 1. The van der Waals surface area contributed by atoms with Crippen LogP contribution in [0.4, 0.5) is 0 Å². The summed E-state index contributed by atoms with van der Waals surface area (Å²) in [5, 5.41) is 9.73. The second-order valence-electron chi connectivity index (χ2n) is 3.98. The average molecular weight is 212 g/mol. The molecule has 0 saturated carbocycles. The summed E-state index contributed by atoms with van der Waals surface area (Å²) < 4.78 is 5.06. The summed E-state index contributed by atoms with van der Waals surface area (Å²) in [4.78, 5) is 11.0. The van der Waals surface area contributed by atoms with E-state index in [9.17, 15) is 9.90 Å². The van der Waals surface area contributed by atoms with Gasteiger partial charge in [0.1, 0.15) is 12.2 Å². The van der Waals surface area contributed by atoms with Gasteiger partial charge in [0.05, 0.1) is 0 Å². The maximum atomic E-state index is 11.0. The van der Waals surface area contributed by atoms with Crippen LogP contribution in [0.25, 0.3) is 0 Å². The van der Waals surface area contributed by atoms with Gasteiger partial charge in [0.25, 0.3) is 0 Å². The van der Waals surface area contributed by atoms with Crippen LogP contribution in [0.5, 0.6) is 0 Å². The average Bonchev–Trinajstić information content (AvgIpc) is 2.24. The van der Waals surface area contributed by atoms with Crippen molar-refractivity contribution >= 4 is 5.97 Å². The lowest BCUT2D eigenvalue weighted by molar-refractivity contribution is -0.158. The maximum absolute atomic E-state index is 11.0. The molecule has 0 aromatic carbocycles. The van der Waals surface area contributed by atoms with Crippen molar-refractivity contribution in [3.05, 3.63) is 12.2 Å². The van der Waals surface area contributed by atoms with Crippen LogP contribution in [0.1, 0.15) is 45.4 Å². The molecule has 1 rings (SSSR count). The number of carbonyl (C=O) groups excluding carboxylic acids is 1. The molecule has 86 valence electrons. The van der Waals surface area contributed by atoms with Crippen molar-refractivity contribution in [2.75, 3.05) is 0 Å². The van der Waals surface area contributed by atoms with E-state index in [1.165, 1.54) is 0 Å². The predicted octanol–water partition coefficient (Wildman–Crippen LogP) is 2.19. The number of hydrogen-bond donors (Lipinski definition) is 1. The number of aliphatic hydroxyl groups excluding tert-OH is 1. The Morgan fingerprint density at radius 2 is 2.47 bits per heavy atom. The largest absolute Gasteiger partial charge is 0.459 e. The van der Waals surface area contributed by atoms with Crippen LogP contribution in [-0.2, 0) is 9.53 Å². The van der Waals surface area contributed by atoms with Gasteiger partial charge in [0, 0.05) is 6.42 Å². The molecule has 0 aromatic heterocycles. The Kier molecular flexibility index (Phi) is 5.40. The van der Waals surface area contributed by atoms with Gasteiger partial charge in [-0.25, -0.2) is 0 Å². The zero-order valence-corrected chi connectivity index (χ0v) is 9.32. The van der Waals surface area contributed by atoms with Crippen LogP contribution in [0, 0.1) is 0 Å². The number of rotatable bonds is 5. The second-order valence-corrected chi connectivity index (χ2v) is 3.98. The molecule has 0 aliphatic carbocycles. The lowest BCUT2D eigenvalue weighted by Crippen LogP contribution is -2.33. The molecule has 0 aromatic rings. The number of hydrogen-bond acceptors (Lipinski definition) is 3. The fraction of sp³-hybridized carbons (Fsp3) is 0.750. The number of cyclic esters (lactones) is 1. The first-order valence-electron chi connectivity index (χ1n) is 5.78. The van der Waals surface area contributed by atoms with E-state index in [0.717, 1.165) is 32.1 Å². The Labute approximate surface area is 91.1 Å². The van der Waals surface area contributed by atoms with E-state index in [2.05, 4.69) is 6.92 Å². The Balaban J connectivity index is 2.28. The van der Waals surface area contributed by atoms with Gasteiger partial charge in [-0.3, -0.25) is 4.79 Å². The van der Waals surface area contributed by atoms with Gasteiger partial charge in [-0.05, 0) is 19.3 Å². The van der Waals surface area contributed by atoms with Gasteiger partial charge in [-0.1, -0.05) is 31.9 Å². The Hall–Kier alpha value is -0.830. The molecule has 1 aliphatic heterocycles. The van der Waals surface area contributed by atoms with Gasteiger partial charge in [-0.15, -0.1) is 0 Å². The van der Waals surface area contributed by atoms with Crippen LogP contribution in [-0.4, -0.2) is 23.3 Å². The second kappa shape index (κ2) is 6.62. The van der Waals surface area contributed by atoms with Gasteiger partial charge in [-0.2, -0.15) is 0 Å². The molecule has 1 heterocycles. The summed E-state index contributed by atoms with van der Waals surface area (Å²) in [6, 6.07) is 0. The van der Waals surface area contributed by atoms with Crippen LogP contribution < -0.4 is 0 Å². The molecule has 15 heavy (non-hydrogen) atoms. The summed E-state index contributed by atoms with van der Waals surface area (Å²) in [5.74, 6) is -0.188. The van der Waals surface area contributed by atoms with E-state index >= 15 is 0 Å². The molecule has 0 radical (unpaired) electrons. The minimum absolute atomic E-state index is 0.188. The van der Waals surface area contributed by atoms with Crippen molar-refractivity contribution < 1.29 is 14.6 Å².